The van der Waals surface area contributed by atoms with E-state index < -0.39 is 5.97 Å². The Morgan fingerprint density at radius 2 is 2.50 bits per heavy atom. The highest BCUT2D eigenvalue weighted by Crippen LogP contribution is 2.38. The Kier molecular flexibility index (Phi) is 2.50. The van der Waals surface area contributed by atoms with Gasteiger partial charge in [-0.2, -0.15) is 0 Å². The summed E-state index contributed by atoms with van der Waals surface area (Å²) in [6, 6.07) is 0.562. The SMILES string of the molecule is Cc1cn(C2CC2)c(SCC(=O)O)n1. The molecule has 0 amide bonds. The number of carboxylic acid groups (broad SMARTS) is 1. The summed E-state index contributed by atoms with van der Waals surface area (Å²) in [5.74, 6) is -0.707. The molecule has 0 aliphatic heterocycles. The molecule has 5 heteroatoms. The molecule has 0 unspecified atom stereocenters. The molecule has 0 radical (unpaired) electrons. The summed E-state index contributed by atoms with van der Waals surface area (Å²) in [4.78, 5) is 14.7. The van der Waals surface area contributed by atoms with Gasteiger partial charge in [0.1, 0.15) is 0 Å². The predicted octanol–water partition coefficient (Wildman–Crippen LogP) is 1.70. The lowest BCUT2D eigenvalue weighted by atomic mass is 10.5. The van der Waals surface area contributed by atoms with Gasteiger partial charge < -0.3 is 9.67 Å². The Morgan fingerprint density at radius 1 is 1.79 bits per heavy atom. The van der Waals surface area contributed by atoms with Gasteiger partial charge in [0.2, 0.25) is 0 Å². The van der Waals surface area contributed by atoms with E-state index in [2.05, 4.69) is 9.55 Å². The zero-order valence-corrected chi connectivity index (χ0v) is 8.75. The summed E-state index contributed by atoms with van der Waals surface area (Å²) in [5.41, 5.74) is 0.963. The van der Waals surface area contributed by atoms with E-state index >= 15 is 0 Å². The van der Waals surface area contributed by atoms with Crippen molar-refractivity contribution in [2.75, 3.05) is 5.75 Å². The highest BCUT2D eigenvalue weighted by Gasteiger charge is 2.26. The second-order valence-electron chi connectivity index (χ2n) is 3.49. The molecule has 0 atom stereocenters. The Bertz CT molecular complexity index is 358. The van der Waals surface area contributed by atoms with Crippen molar-refractivity contribution in [1.82, 2.24) is 9.55 Å². The lowest BCUT2D eigenvalue weighted by Crippen LogP contribution is -2.01. The molecule has 1 N–H and O–H groups in total. The predicted molar refractivity (Wildman–Crippen MR) is 53.6 cm³/mol. The van der Waals surface area contributed by atoms with Crippen LogP contribution in [0.5, 0.6) is 0 Å². The Morgan fingerprint density at radius 3 is 3.07 bits per heavy atom. The molecular weight excluding hydrogens is 200 g/mol. The second-order valence-corrected chi connectivity index (χ2v) is 4.43. The van der Waals surface area contributed by atoms with E-state index in [1.165, 1.54) is 24.6 Å². The van der Waals surface area contributed by atoms with Crippen molar-refractivity contribution in [2.45, 2.75) is 31.0 Å². The zero-order valence-electron chi connectivity index (χ0n) is 7.93. The van der Waals surface area contributed by atoms with Crippen molar-refractivity contribution in [3.63, 3.8) is 0 Å². The number of aliphatic carboxylic acids is 1. The molecule has 2 rings (SSSR count). The van der Waals surface area contributed by atoms with Crippen molar-refractivity contribution in [1.29, 1.82) is 0 Å². The molecule has 0 aromatic carbocycles. The zero-order chi connectivity index (χ0) is 10.1. The molecule has 14 heavy (non-hydrogen) atoms. The summed E-state index contributed by atoms with van der Waals surface area (Å²) >= 11 is 1.30. The molecule has 1 aliphatic carbocycles. The van der Waals surface area contributed by atoms with Gasteiger partial charge in [0.15, 0.2) is 5.16 Å². The van der Waals surface area contributed by atoms with Crippen LogP contribution in [-0.2, 0) is 4.79 Å². The van der Waals surface area contributed by atoms with Crippen LogP contribution in [0.15, 0.2) is 11.4 Å². The van der Waals surface area contributed by atoms with Gasteiger partial charge in [-0.1, -0.05) is 11.8 Å². The van der Waals surface area contributed by atoms with Crippen LogP contribution in [0.2, 0.25) is 0 Å². The minimum Gasteiger partial charge on any atom is -0.481 e. The number of hydrogen-bond acceptors (Lipinski definition) is 3. The van der Waals surface area contributed by atoms with E-state index in [0.29, 0.717) is 6.04 Å². The van der Waals surface area contributed by atoms with Crippen LogP contribution in [0.3, 0.4) is 0 Å². The standard InChI is InChI=1S/C9H12N2O2S/c1-6-4-11(7-2-3-7)9(10-6)14-5-8(12)13/h4,7H,2-3,5H2,1H3,(H,12,13). The molecule has 1 saturated carbocycles. The molecule has 76 valence electrons. The number of aromatic nitrogens is 2. The lowest BCUT2D eigenvalue weighted by Gasteiger charge is -2.02. The molecule has 0 bridgehead atoms. The average molecular weight is 212 g/mol. The van der Waals surface area contributed by atoms with E-state index in [1.807, 2.05) is 13.1 Å². The maximum absolute atomic E-state index is 10.4. The molecular formula is C9H12N2O2S. The van der Waals surface area contributed by atoms with Crippen molar-refractivity contribution in [3.05, 3.63) is 11.9 Å². The maximum Gasteiger partial charge on any atom is 0.313 e. The number of hydrogen-bond donors (Lipinski definition) is 1. The van der Waals surface area contributed by atoms with Crippen LogP contribution in [0.4, 0.5) is 0 Å². The molecule has 1 aromatic heterocycles. The third-order valence-electron chi connectivity index (χ3n) is 2.08. The number of rotatable bonds is 4. The van der Waals surface area contributed by atoms with Crippen LogP contribution in [0.1, 0.15) is 24.6 Å². The Labute approximate surface area is 86.3 Å². The number of thioether (sulfide) groups is 1. The van der Waals surface area contributed by atoms with Gasteiger partial charge >= 0.3 is 5.97 Å². The first-order valence-electron chi connectivity index (χ1n) is 4.57. The number of nitrogens with zero attached hydrogens (tertiary/aromatic N) is 2. The number of aryl methyl sites for hydroxylation is 1. The van der Waals surface area contributed by atoms with E-state index in [4.69, 9.17) is 5.11 Å². The van der Waals surface area contributed by atoms with Crippen LogP contribution in [0, 0.1) is 6.92 Å². The van der Waals surface area contributed by atoms with Crippen molar-refractivity contribution >= 4 is 17.7 Å². The molecule has 1 aliphatic rings. The largest absolute Gasteiger partial charge is 0.481 e. The Hall–Kier alpha value is -0.970. The van der Waals surface area contributed by atoms with Crippen LogP contribution >= 0.6 is 11.8 Å². The maximum atomic E-state index is 10.4. The summed E-state index contributed by atoms with van der Waals surface area (Å²) in [6.45, 7) is 1.93. The molecule has 4 nitrogen and oxygen atoms in total. The lowest BCUT2D eigenvalue weighted by molar-refractivity contribution is -0.133. The first-order valence-corrected chi connectivity index (χ1v) is 5.55. The number of carbonyl (C=O) groups is 1. The molecule has 1 fully saturated rings. The fourth-order valence-corrected chi connectivity index (χ4v) is 2.15. The van der Waals surface area contributed by atoms with Crippen molar-refractivity contribution < 1.29 is 9.90 Å². The van der Waals surface area contributed by atoms with Crippen LogP contribution < -0.4 is 0 Å². The van der Waals surface area contributed by atoms with Crippen molar-refractivity contribution in [3.8, 4) is 0 Å². The smallest absolute Gasteiger partial charge is 0.313 e. The third kappa shape index (κ3) is 2.09. The second kappa shape index (κ2) is 3.65. The van der Waals surface area contributed by atoms with Gasteiger partial charge in [-0.3, -0.25) is 4.79 Å². The minimum atomic E-state index is -0.794. The topological polar surface area (TPSA) is 55.1 Å². The van der Waals surface area contributed by atoms with E-state index in [1.54, 1.807) is 0 Å². The number of imidazole rings is 1. The van der Waals surface area contributed by atoms with Gasteiger partial charge in [-0.25, -0.2) is 4.98 Å². The highest BCUT2D eigenvalue weighted by atomic mass is 32.2. The van der Waals surface area contributed by atoms with Crippen LogP contribution in [-0.4, -0.2) is 26.4 Å². The van der Waals surface area contributed by atoms with E-state index in [9.17, 15) is 4.79 Å². The fourth-order valence-electron chi connectivity index (χ4n) is 1.34. The van der Waals surface area contributed by atoms with Gasteiger partial charge in [-0.05, 0) is 19.8 Å². The minimum absolute atomic E-state index is 0.0865. The first-order chi connectivity index (χ1) is 6.66. The summed E-state index contributed by atoms with van der Waals surface area (Å²) in [6.07, 6.45) is 4.38. The van der Waals surface area contributed by atoms with Crippen LogP contribution in [0.25, 0.3) is 0 Å². The quantitative estimate of drug-likeness (QED) is 0.772. The van der Waals surface area contributed by atoms with Gasteiger partial charge in [0, 0.05) is 12.2 Å². The Balaban J connectivity index is 2.10. The summed E-state index contributed by atoms with van der Waals surface area (Å²) < 4.78 is 2.10. The number of carboxylic acids is 1. The summed E-state index contributed by atoms with van der Waals surface area (Å²) in [5, 5.41) is 9.41. The van der Waals surface area contributed by atoms with Gasteiger partial charge in [0.05, 0.1) is 11.4 Å². The normalized spacial score (nSPS) is 15.8. The molecule has 1 heterocycles. The van der Waals surface area contributed by atoms with Gasteiger partial charge in [0.25, 0.3) is 0 Å². The molecule has 0 saturated heterocycles. The van der Waals surface area contributed by atoms with Gasteiger partial charge in [-0.15, -0.1) is 0 Å². The summed E-state index contributed by atoms with van der Waals surface area (Å²) in [7, 11) is 0. The molecule has 0 spiro atoms. The molecule has 1 aromatic rings. The van der Waals surface area contributed by atoms with E-state index in [-0.39, 0.29) is 5.75 Å². The first kappa shape index (κ1) is 9.58. The third-order valence-corrected chi connectivity index (χ3v) is 3.04. The monoisotopic (exact) mass is 212 g/mol. The average Bonchev–Trinajstić information content (AvgIpc) is 2.87. The highest BCUT2D eigenvalue weighted by molar-refractivity contribution is 7.99. The van der Waals surface area contributed by atoms with E-state index in [0.717, 1.165) is 10.9 Å². The fraction of sp³-hybridized carbons (Fsp3) is 0.556. The van der Waals surface area contributed by atoms with Crippen molar-refractivity contribution in [2.24, 2.45) is 0 Å².